The molecule has 0 bridgehead atoms. The lowest BCUT2D eigenvalue weighted by molar-refractivity contribution is 0.0727. The molecule has 0 radical (unpaired) electrons. The molecule has 138 valence electrons. The molecule has 8 heteroatoms. The van der Waals surface area contributed by atoms with Gasteiger partial charge in [0, 0.05) is 32.4 Å². The molecular formula is C18H22N4O3S. The Morgan fingerprint density at radius 3 is 2.65 bits per heavy atom. The molecule has 1 amide bonds. The summed E-state index contributed by atoms with van der Waals surface area (Å²) in [5, 5.41) is 7.61. The van der Waals surface area contributed by atoms with E-state index in [1.54, 1.807) is 42.3 Å². The first-order valence-electron chi connectivity index (χ1n) is 8.47. The predicted molar refractivity (Wildman–Crippen MR) is 97.0 cm³/mol. The summed E-state index contributed by atoms with van der Waals surface area (Å²) in [5.41, 5.74) is 2.24. The van der Waals surface area contributed by atoms with Crippen molar-refractivity contribution in [2.24, 2.45) is 0 Å². The Labute approximate surface area is 153 Å². The number of sulfonamides is 1. The molecule has 0 atom stereocenters. The lowest BCUT2D eigenvalue weighted by Crippen LogP contribution is -2.37. The maximum atomic E-state index is 12.7. The normalized spacial score (nSPS) is 14.6. The van der Waals surface area contributed by atoms with E-state index in [-0.39, 0.29) is 11.9 Å². The smallest absolute Gasteiger partial charge is 0.274 e. The fraction of sp³-hybridized carbons (Fsp3) is 0.389. The highest BCUT2D eigenvalue weighted by Crippen LogP contribution is 2.25. The van der Waals surface area contributed by atoms with Gasteiger partial charge in [-0.05, 0) is 55.7 Å². The third kappa shape index (κ3) is 3.47. The average Bonchev–Trinajstić information content (AvgIpc) is 2.66. The minimum absolute atomic E-state index is 0.115. The summed E-state index contributed by atoms with van der Waals surface area (Å²) in [4.78, 5) is 14.5. The van der Waals surface area contributed by atoms with Crippen molar-refractivity contribution in [2.45, 2.75) is 37.8 Å². The van der Waals surface area contributed by atoms with E-state index in [9.17, 15) is 13.2 Å². The van der Waals surface area contributed by atoms with Crippen LogP contribution in [0.1, 0.15) is 35.5 Å². The molecule has 0 fully saturated rings. The van der Waals surface area contributed by atoms with Gasteiger partial charge < -0.3 is 4.90 Å². The van der Waals surface area contributed by atoms with Crippen molar-refractivity contribution >= 4 is 15.9 Å². The SMILES string of the molecule is CC(C)N(C)S(=O)(=O)c1ccc2c(c1)CCN(C(=O)c1cccnn1)C2. The molecule has 0 saturated heterocycles. The Balaban J connectivity index is 1.83. The molecule has 0 spiro atoms. The van der Waals surface area contributed by atoms with E-state index in [2.05, 4.69) is 10.2 Å². The quantitative estimate of drug-likeness (QED) is 0.813. The van der Waals surface area contributed by atoms with E-state index in [4.69, 9.17) is 0 Å². The van der Waals surface area contributed by atoms with Crippen LogP contribution in [0.2, 0.25) is 0 Å². The van der Waals surface area contributed by atoms with Gasteiger partial charge in [-0.3, -0.25) is 4.79 Å². The number of aromatic nitrogens is 2. The highest BCUT2D eigenvalue weighted by Gasteiger charge is 2.27. The van der Waals surface area contributed by atoms with Crippen molar-refractivity contribution in [1.82, 2.24) is 19.4 Å². The molecule has 0 aliphatic carbocycles. The number of rotatable bonds is 4. The van der Waals surface area contributed by atoms with Crippen LogP contribution in [0.25, 0.3) is 0 Å². The number of fused-ring (bicyclic) bond motifs is 1. The summed E-state index contributed by atoms with van der Waals surface area (Å²) >= 11 is 0. The third-order valence-corrected chi connectivity index (χ3v) is 6.70. The van der Waals surface area contributed by atoms with Gasteiger partial charge in [0.15, 0.2) is 5.69 Å². The number of amides is 1. The van der Waals surface area contributed by atoms with E-state index < -0.39 is 10.0 Å². The molecule has 1 aliphatic heterocycles. The first kappa shape index (κ1) is 18.5. The van der Waals surface area contributed by atoms with Crippen molar-refractivity contribution in [3.63, 3.8) is 0 Å². The van der Waals surface area contributed by atoms with Gasteiger partial charge in [-0.2, -0.15) is 9.40 Å². The molecule has 0 saturated carbocycles. The minimum Gasteiger partial charge on any atom is -0.333 e. The van der Waals surface area contributed by atoms with Gasteiger partial charge in [-0.15, -0.1) is 5.10 Å². The lowest BCUT2D eigenvalue weighted by Gasteiger charge is -2.29. The molecule has 7 nitrogen and oxygen atoms in total. The zero-order valence-corrected chi connectivity index (χ0v) is 15.9. The van der Waals surface area contributed by atoms with Crippen molar-refractivity contribution < 1.29 is 13.2 Å². The summed E-state index contributed by atoms with van der Waals surface area (Å²) in [7, 11) is -1.93. The van der Waals surface area contributed by atoms with Gasteiger partial charge in [0.2, 0.25) is 10.0 Å². The Morgan fingerprint density at radius 1 is 1.23 bits per heavy atom. The molecule has 26 heavy (non-hydrogen) atoms. The van der Waals surface area contributed by atoms with E-state index in [0.29, 0.717) is 30.1 Å². The van der Waals surface area contributed by atoms with Crippen LogP contribution in [0, 0.1) is 0 Å². The van der Waals surface area contributed by atoms with Gasteiger partial charge in [-0.25, -0.2) is 8.42 Å². The lowest BCUT2D eigenvalue weighted by atomic mass is 9.99. The highest BCUT2D eigenvalue weighted by molar-refractivity contribution is 7.89. The molecule has 1 aromatic carbocycles. The first-order chi connectivity index (χ1) is 12.3. The van der Waals surface area contributed by atoms with Gasteiger partial charge in [-0.1, -0.05) is 6.07 Å². The molecule has 2 aromatic rings. The Bertz CT molecular complexity index is 913. The molecular weight excluding hydrogens is 352 g/mol. The van der Waals surface area contributed by atoms with Gasteiger partial charge in [0.25, 0.3) is 5.91 Å². The van der Waals surface area contributed by atoms with Crippen LogP contribution in [-0.2, 0) is 23.0 Å². The second kappa shape index (κ2) is 7.13. The summed E-state index contributed by atoms with van der Waals surface area (Å²) in [6.45, 7) is 4.63. The fourth-order valence-corrected chi connectivity index (χ4v) is 4.30. The van der Waals surface area contributed by atoms with Crippen LogP contribution in [0.5, 0.6) is 0 Å². The standard InChI is InChI=1S/C18H22N4O3S/c1-13(2)21(3)26(24,25)16-7-6-15-12-22(10-8-14(15)11-16)18(23)17-5-4-9-19-20-17/h4-7,9,11,13H,8,10,12H2,1-3H3. The van der Waals surface area contributed by atoms with Crippen LogP contribution in [0.4, 0.5) is 0 Å². The monoisotopic (exact) mass is 374 g/mol. The molecule has 2 heterocycles. The summed E-state index contributed by atoms with van der Waals surface area (Å²) < 4.78 is 26.7. The topological polar surface area (TPSA) is 83.5 Å². The maximum absolute atomic E-state index is 12.7. The van der Waals surface area contributed by atoms with Gasteiger partial charge in [0.1, 0.15) is 0 Å². The number of nitrogens with zero attached hydrogens (tertiary/aromatic N) is 4. The molecule has 0 unspecified atom stereocenters. The van der Waals surface area contributed by atoms with Crippen molar-refractivity contribution in [3.05, 3.63) is 53.3 Å². The van der Waals surface area contributed by atoms with Gasteiger partial charge >= 0.3 is 0 Å². The van der Waals surface area contributed by atoms with Crippen LogP contribution in [-0.4, -0.2) is 53.4 Å². The Hall–Kier alpha value is -2.32. The van der Waals surface area contributed by atoms with Crippen LogP contribution >= 0.6 is 0 Å². The van der Waals surface area contributed by atoms with Crippen LogP contribution in [0.3, 0.4) is 0 Å². The van der Waals surface area contributed by atoms with Crippen molar-refractivity contribution in [3.8, 4) is 0 Å². The molecule has 1 aliphatic rings. The second-order valence-electron chi connectivity index (χ2n) is 6.63. The van der Waals surface area contributed by atoms with Crippen LogP contribution in [0.15, 0.2) is 41.4 Å². The maximum Gasteiger partial charge on any atom is 0.274 e. The fourth-order valence-electron chi connectivity index (χ4n) is 2.88. The highest BCUT2D eigenvalue weighted by atomic mass is 32.2. The van der Waals surface area contributed by atoms with E-state index in [0.717, 1.165) is 11.1 Å². The summed E-state index contributed by atoms with van der Waals surface area (Å²) in [6, 6.07) is 8.35. The van der Waals surface area contributed by atoms with E-state index in [1.807, 2.05) is 13.8 Å². The van der Waals surface area contributed by atoms with Crippen molar-refractivity contribution in [2.75, 3.05) is 13.6 Å². The van der Waals surface area contributed by atoms with Crippen molar-refractivity contribution in [1.29, 1.82) is 0 Å². The van der Waals surface area contributed by atoms with E-state index >= 15 is 0 Å². The van der Waals surface area contributed by atoms with Crippen LogP contribution < -0.4 is 0 Å². The second-order valence-corrected chi connectivity index (χ2v) is 8.63. The molecule has 3 rings (SSSR count). The van der Waals surface area contributed by atoms with Gasteiger partial charge in [0.05, 0.1) is 4.90 Å². The molecule has 0 N–H and O–H groups in total. The number of carbonyl (C=O) groups is 1. The Kier molecular flexibility index (Phi) is 5.06. The average molecular weight is 374 g/mol. The number of hydrogen-bond donors (Lipinski definition) is 0. The minimum atomic E-state index is -3.51. The predicted octanol–water partition coefficient (Wildman–Crippen LogP) is 1.70. The summed E-state index contributed by atoms with van der Waals surface area (Å²) in [5.74, 6) is -0.167. The number of benzene rings is 1. The zero-order valence-electron chi connectivity index (χ0n) is 15.1. The number of hydrogen-bond acceptors (Lipinski definition) is 5. The Morgan fingerprint density at radius 2 is 2.00 bits per heavy atom. The number of carbonyl (C=O) groups excluding carboxylic acids is 1. The molecule has 1 aromatic heterocycles. The summed E-state index contributed by atoms with van der Waals surface area (Å²) in [6.07, 6.45) is 2.13. The van der Waals surface area contributed by atoms with E-state index in [1.165, 1.54) is 10.5 Å². The third-order valence-electron chi connectivity index (χ3n) is 4.67. The largest absolute Gasteiger partial charge is 0.333 e. The first-order valence-corrected chi connectivity index (χ1v) is 9.91. The zero-order chi connectivity index (χ0) is 18.9.